The molecule has 1 amide bonds. The van der Waals surface area contributed by atoms with Gasteiger partial charge in [0.1, 0.15) is 0 Å². The molecule has 4 nitrogen and oxygen atoms in total. The fourth-order valence-corrected chi connectivity index (χ4v) is 2.85. The van der Waals surface area contributed by atoms with Crippen LogP contribution in [-0.2, 0) is 13.2 Å². The minimum atomic E-state index is -0.0655. The van der Waals surface area contributed by atoms with E-state index in [2.05, 4.69) is 10.2 Å². The molecule has 2 aromatic carbocycles. The van der Waals surface area contributed by atoms with E-state index < -0.39 is 0 Å². The summed E-state index contributed by atoms with van der Waals surface area (Å²) in [7, 11) is 0. The first-order valence-corrected chi connectivity index (χ1v) is 8.08. The molecule has 1 fully saturated rings. The molecule has 0 bridgehead atoms. The number of aliphatic hydroxyl groups is 1. The molecule has 0 aliphatic carbocycles. The molecule has 0 radical (unpaired) electrons. The van der Waals surface area contributed by atoms with Crippen LogP contribution in [0.4, 0.5) is 5.69 Å². The van der Waals surface area contributed by atoms with Gasteiger partial charge < -0.3 is 15.3 Å². The van der Waals surface area contributed by atoms with Gasteiger partial charge in [0.2, 0.25) is 0 Å². The van der Waals surface area contributed by atoms with Gasteiger partial charge in [-0.2, -0.15) is 0 Å². The number of carbonyl (C=O) groups excluding carboxylic acids is 1. The van der Waals surface area contributed by atoms with E-state index in [1.165, 1.54) is 18.5 Å². The van der Waals surface area contributed by atoms with E-state index in [-0.39, 0.29) is 12.5 Å². The zero-order chi connectivity index (χ0) is 16.1. The fraction of sp³-hybridized carbons (Fsp3) is 0.316. The zero-order valence-electron chi connectivity index (χ0n) is 13.2. The number of hydrogen-bond acceptors (Lipinski definition) is 3. The van der Waals surface area contributed by atoms with Gasteiger partial charge in [-0.25, -0.2) is 0 Å². The lowest BCUT2D eigenvalue weighted by atomic mass is 10.1. The lowest BCUT2D eigenvalue weighted by Gasteiger charge is -2.17. The van der Waals surface area contributed by atoms with E-state index in [1.807, 2.05) is 48.5 Å². The average molecular weight is 310 g/mol. The van der Waals surface area contributed by atoms with Crippen LogP contribution in [0.1, 0.15) is 34.3 Å². The van der Waals surface area contributed by atoms with Crippen molar-refractivity contribution in [3.05, 3.63) is 65.2 Å². The Hall–Kier alpha value is -2.33. The Bertz CT molecular complexity index is 644. The molecule has 23 heavy (non-hydrogen) atoms. The van der Waals surface area contributed by atoms with Gasteiger partial charge >= 0.3 is 0 Å². The monoisotopic (exact) mass is 310 g/mol. The Kier molecular flexibility index (Phi) is 4.93. The van der Waals surface area contributed by atoms with E-state index in [0.717, 1.165) is 24.2 Å². The van der Waals surface area contributed by atoms with Crippen LogP contribution in [0, 0.1) is 0 Å². The molecule has 1 aliphatic rings. The van der Waals surface area contributed by atoms with Crippen LogP contribution in [0.2, 0.25) is 0 Å². The van der Waals surface area contributed by atoms with Crippen molar-refractivity contribution in [2.45, 2.75) is 26.0 Å². The van der Waals surface area contributed by atoms with Crippen LogP contribution < -0.4 is 10.2 Å². The van der Waals surface area contributed by atoms with Crippen LogP contribution in [0.15, 0.2) is 48.5 Å². The van der Waals surface area contributed by atoms with Gasteiger partial charge in [0.05, 0.1) is 6.61 Å². The summed E-state index contributed by atoms with van der Waals surface area (Å²) in [5.74, 6) is -0.0655. The van der Waals surface area contributed by atoms with E-state index in [1.54, 1.807) is 0 Å². The van der Waals surface area contributed by atoms with E-state index in [0.29, 0.717) is 12.1 Å². The molecule has 3 rings (SSSR count). The van der Waals surface area contributed by atoms with Gasteiger partial charge in [-0.3, -0.25) is 4.79 Å². The maximum Gasteiger partial charge on any atom is 0.251 e. The fourth-order valence-electron chi connectivity index (χ4n) is 2.85. The third kappa shape index (κ3) is 3.90. The number of amides is 1. The minimum Gasteiger partial charge on any atom is -0.392 e. The zero-order valence-corrected chi connectivity index (χ0v) is 13.2. The summed E-state index contributed by atoms with van der Waals surface area (Å²) < 4.78 is 0. The largest absolute Gasteiger partial charge is 0.392 e. The number of hydrogen-bond donors (Lipinski definition) is 2. The third-order valence-corrected chi connectivity index (χ3v) is 4.26. The first kappa shape index (κ1) is 15.6. The summed E-state index contributed by atoms with van der Waals surface area (Å²) in [5.41, 5.74) is 3.76. The van der Waals surface area contributed by atoms with Crippen LogP contribution in [-0.4, -0.2) is 24.1 Å². The standard InChI is InChI=1S/C19H22N2O2/c22-14-16-5-3-15(4-6-16)13-20-19(23)17-7-9-18(10-8-17)21-11-1-2-12-21/h3-10,22H,1-2,11-14H2,(H,20,23). The quantitative estimate of drug-likeness (QED) is 0.893. The van der Waals surface area contributed by atoms with Crippen LogP contribution in [0.3, 0.4) is 0 Å². The van der Waals surface area contributed by atoms with Crippen LogP contribution in [0.25, 0.3) is 0 Å². The van der Waals surface area contributed by atoms with Crippen molar-refractivity contribution in [2.75, 3.05) is 18.0 Å². The van der Waals surface area contributed by atoms with Crippen LogP contribution >= 0.6 is 0 Å². The molecular formula is C19H22N2O2. The summed E-state index contributed by atoms with van der Waals surface area (Å²) in [6.07, 6.45) is 2.49. The SMILES string of the molecule is O=C(NCc1ccc(CO)cc1)c1ccc(N2CCCC2)cc1. The van der Waals surface area contributed by atoms with Crippen molar-refractivity contribution >= 4 is 11.6 Å². The normalized spacial score (nSPS) is 14.0. The van der Waals surface area contributed by atoms with E-state index in [9.17, 15) is 4.79 Å². The topological polar surface area (TPSA) is 52.6 Å². The number of nitrogens with one attached hydrogen (secondary N) is 1. The maximum atomic E-state index is 12.2. The van der Waals surface area contributed by atoms with Crippen molar-refractivity contribution in [3.8, 4) is 0 Å². The second-order valence-corrected chi connectivity index (χ2v) is 5.90. The molecule has 0 unspecified atom stereocenters. The molecule has 2 aromatic rings. The Labute approximate surface area is 136 Å². The van der Waals surface area contributed by atoms with Crippen molar-refractivity contribution in [1.82, 2.24) is 5.32 Å². The number of benzene rings is 2. The lowest BCUT2D eigenvalue weighted by molar-refractivity contribution is 0.0951. The maximum absolute atomic E-state index is 12.2. The van der Waals surface area contributed by atoms with Gasteiger partial charge in [0.15, 0.2) is 0 Å². The summed E-state index contributed by atoms with van der Waals surface area (Å²) in [4.78, 5) is 14.6. The summed E-state index contributed by atoms with van der Waals surface area (Å²) >= 11 is 0. The van der Waals surface area contributed by atoms with Gasteiger partial charge in [-0.05, 0) is 48.2 Å². The van der Waals surface area contributed by atoms with Crippen molar-refractivity contribution < 1.29 is 9.90 Å². The highest BCUT2D eigenvalue weighted by Gasteiger charge is 2.13. The lowest BCUT2D eigenvalue weighted by Crippen LogP contribution is -2.23. The Morgan fingerprint density at radius 2 is 1.57 bits per heavy atom. The molecule has 0 aromatic heterocycles. The Morgan fingerprint density at radius 1 is 0.957 bits per heavy atom. The van der Waals surface area contributed by atoms with Gasteiger partial charge in [0.25, 0.3) is 5.91 Å². The second-order valence-electron chi connectivity index (χ2n) is 5.90. The molecule has 2 N–H and O–H groups in total. The molecular weight excluding hydrogens is 288 g/mol. The third-order valence-electron chi connectivity index (χ3n) is 4.26. The summed E-state index contributed by atoms with van der Waals surface area (Å²) in [5, 5.41) is 11.9. The predicted octanol–water partition coefficient (Wildman–Crippen LogP) is 2.71. The number of nitrogens with zero attached hydrogens (tertiary/aromatic N) is 1. The number of anilines is 1. The molecule has 120 valence electrons. The number of carbonyl (C=O) groups is 1. The summed E-state index contributed by atoms with van der Waals surface area (Å²) in [6.45, 7) is 2.74. The molecule has 0 spiro atoms. The number of rotatable bonds is 5. The first-order valence-electron chi connectivity index (χ1n) is 8.08. The van der Waals surface area contributed by atoms with Gasteiger partial charge in [-0.15, -0.1) is 0 Å². The minimum absolute atomic E-state index is 0.0377. The second kappa shape index (κ2) is 7.29. The van der Waals surface area contributed by atoms with Crippen molar-refractivity contribution in [2.24, 2.45) is 0 Å². The average Bonchev–Trinajstić information content (AvgIpc) is 3.15. The first-order chi connectivity index (χ1) is 11.3. The molecule has 4 heteroatoms. The molecule has 1 saturated heterocycles. The number of aliphatic hydroxyl groups excluding tert-OH is 1. The molecule has 1 aliphatic heterocycles. The Morgan fingerprint density at radius 3 is 2.17 bits per heavy atom. The van der Waals surface area contributed by atoms with Crippen LogP contribution in [0.5, 0.6) is 0 Å². The molecule has 0 saturated carbocycles. The smallest absolute Gasteiger partial charge is 0.251 e. The van der Waals surface area contributed by atoms with Crippen molar-refractivity contribution in [3.63, 3.8) is 0 Å². The van der Waals surface area contributed by atoms with E-state index in [4.69, 9.17) is 5.11 Å². The highest BCUT2D eigenvalue weighted by Crippen LogP contribution is 2.20. The van der Waals surface area contributed by atoms with Gasteiger partial charge in [-0.1, -0.05) is 24.3 Å². The van der Waals surface area contributed by atoms with Crippen molar-refractivity contribution in [1.29, 1.82) is 0 Å². The van der Waals surface area contributed by atoms with E-state index >= 15 is 0 Å². The highest BCUT2D eigenvalue weighted by atomic mass is 16.3. The molecule has 0 atom stereocenters. The molecule has 1 heterocycles. The summed E-state index contributed by atoms with van der Waals surface area (Å²) in [6, 6.07) is 15.4. The highest BCUT2D eigenvalue weighted by molar-refractivity contribution is 5.94. The van der Waals surface area contributed by atoms with Gasteiger partial charge in [0, 0.05) is 30.9 Å². The Balaban J connectivity index is 1.56. The predicted molar refractivity (Wildman–Crippen MR) is 91.4 cm³/mol.